The lowest BCUT2D eigenvalue weighted by Gasteiger charge is -2.11. The van der Waals surface area contributed by atoms with E-state index >= 15 is 0 Å². The van der Waals surface area contributed by atoms with Gasteiger partial charge in [-0.3, -0.25) is 4.79 Å². The van der Waals surface area contributed by atoms with Gasteiger partial charge in [0.15, 0.2) is 5.78 Å². The van der Waals surface area contributed by atoms with E-state index in [0.29, 0.717) is 38.7 Å². The first-order valence-electron chi connectivity index (χ1n) is 7.93. The number of carbonyl (C=O) groups excluding carboxylic acids is 1. The van der Waals surface area contributed by atoms with E-state index in [9.17, 15) is 4.79 Å². The minimum Gasteiger partial charge on any atom is -0.361 e. The van der Waals surface area contributed by atoms with Crippen LogP contribution in [0.4, 0.5) is 0 Å². The van der Waals surface area contributed by atoms with E-state index in [0.717, 1.165) is 0 Å². The monoisotopic (exact) mass is 366 g/mol. The number of azide groups is 1. The van der Waals surface area contributed by atoms with E-state index in [-0.39, 0.29) is 5.78 Å². The van der Waals surface area contributed by atoms with Crippen molar-refractivity contribution >= 4 is 17.4 Å². The van der Waals surface area contributed by atoms with E-state index in [1.54, 1.807) is 50.2 Å². The molecule has 1 atom stereocenters. The SMILES string of the molecule is Cc1onc(C(C)N=[N+]=[N-])c1-c1ccccc1C(=O)c1ccc(Cl)cc1. The van der Waals surface area contributed by atoms with Gasteiger partial charge in [0.25, 0.3) is 0 Å². The number of ketones is 1. The van der Waals surface area contributed by atoms with Crippen molar-refractivity contribution in [2.24, 2.45) is 5.11 Å². The van der Waals surface area contributed by atoms with Gasteiger partial charge >= 0.3 is 0 Å². The zero-order valence-electron chi connectivity index (χ0n) is 14.2. The molecule has 0 fully saturated rings. The van der Waals surface area contributed by atoms with Crippen LogP contribution >= 0.6 is 11.6 Å². The highest BCUT2D eigenvalue weighted by Gasteiger charge is 2.23. The number of hydrogen-bond donors (Lipinski definition) is 0. The molecule has 0 N–H and O–H groups in total. The summed E-state index contributed by atoms with van der Waals surface area (Å²) in [5.41, 5.74) is 11.6. The molecule has 0 aliphatic rings. The van der Waals surface area contributed by atoms with Crippen LogP contribution in [0.1, 0.15) is 40.3 Å². The van der Waals surface area contributed by atoms with Gasteiger partial charge in [0, 0.05) is 26.6 Å². The molecule has 0 aliphatic carbocycles. The van der Waals surface area contributed by atoms with Gasteiger partial charge in [0.2, 0.25) is 0 Å². The Kier molecular flexibility index (Phi) is 5.07. The topological polar surface area (TPSA) is 91.9 Å². The molecule has 0 saturated heterocycles. The normalized spacial score (nSPS) is 11.7. The van der Waals surface area contributed by atoms with E-state index < -0.39 is 6.04 Å². The quantitative estimate of drug-likeness (QED) is 0.243. The Bertz CT molecular complexity index is 1000. The molecule has 1 aromatic heterocycles. The Hall–Kier alpha value is -3.08. The van der Waals surface area contributed by atoms with Crippen LogP contribution in [0.25, 0.3) is 21.6 Å². The molecule has 26 heavy (non-hydrogen) atoms. The number of hydrogen-bond acceptors (Lipinski definition) is 4. The largest absolute Gasteiger partial charge is 0.361 e. The molecule has 0 saturated carbocycles. The number of carbonyl (C=O) groups is 1. The smallest absolute Gasteiger partial charge is 0.193 e. The maximum Gasteiger partial charge on any atom is 0.193 e. The van der Waals surface area contributed by atoms with Gasteiger partial charge in [0.1, 0.15) is 11.5 Å². The third-order valence-corrected chi connectivity index (χ3v) is 4.31. The average Bonchev–Trinajstić information content (AvgIpc) is 3.03. The fraction of sp³-hybridized carbons (Fsp3) is 0.158. The van der Waals surface area contributed by atoms with Crippen molar-refractivity contribution in [2.75, 3.05) is 0 Å². The summed E-state index contributed by atoms with van der Waals surface area (Å²) in [5, 5.41) is 8.29. The maximum atomic E-state index is 13.0. The van der Waals surface area contributed by atoms with Crippen LogP contribution in [0.3, 0.4) is 0 Å². The molecule has 0 radical (unpaired) electrons. The molecule has 1 unspecified atom stereocenters. The van der Waals surface area contributed by atoms with Crippen LogP contribution in [0.15, 0.2) is 58.2 Å². The van der Waals surface area contributed by atoms with Gasteiger partial charge in [0.05, 0.1) is 6.04 Å². The number of rotatable bonds is 5. The summed E-state index contributed by atoms with van der Waals surface area (Å²) in [4.78, 5) is 15.8. The first kappa shape index (κ1) is 17.7. The van der Waals surface area contributed by atoms with Crippen molar-refractivity contribution in [3.05, 3.63) is 86.6 Å². The van der Waals surface area contributed by atoms with Crippen molar-refractivity contribution < 1.29 is 9.32 Å². The van der Waals surface area contributed by atoms with Gasteiger partial charge in [-0.2, -0.15) is 0 Å². The van der Waals surface area contributed by atoms with Gasteiger partial charge in [-0.1, -0.05) is 53.1 Å². The van der Waals surface area contributed by atoms with E-state index in [4.69, 9.17) is 21.7 Å². The maximum absolute atomic E-state index is 13.0. The lowest BCUT2D eigenvalue weighted by Crippen LogP contribution is -2.04. The Morgan fingerprint density at radius 3 is 2.62 bits per heavy atom. The molecule has 0 aliphatic heterocycles. The highest BCUT2D eigenvalue weighted by Crippen LogP contribution is 2.35. The molecule has 1 heterocycles. The molecule has 2 aromatic carbocycles. The van der Waals surface area contributed by atoms with Gasteiger partial charge < -0.3 is 4.52 Å². The second-order valence-electron chi connectivity index (χ2n) is 5.76. The fourth-order valence-corrected chi connectivity index (χ4v) is 2.92. The molecule has 0 bridgehead atoms. The molecule has 7 heteroatoms. The predicted octanol–water partition coefficient (Wildman–Crippen LogP) is 5.91. The van der Waals surface area contributed by atoms with Crippen LogP contribution in [-0.2, 0) is 0 Å². The molecule has 0 amide bonds. The molecular weight excluding hydrogens is 352 g/mol. The number of aryl methyl sites for hydroxylation is 1. The first-order valence-corrected chi connectivity index (χ1v) is 8.30. The summed E-state index contributed by atoms with van der Waals surface area (Å²) in [5.74, 6) is 0.414. The number of benzene rings is 2. The van der Waals surface area contributed by atoms with Crippen LogP contribution in [-0.4, -0.2) is 10.9 Å². The molecular formula is C19H15ClN4O2. The lowest BCUT2D eigenvalue weighted by molar-refractivity contribution is 0.103. The standard InChI is InChI=1S/C19H15ClN4O2/c1-11(22-24-21)18-17(12(2)26-23-18)15-5-3-4-6-16(15)19(25)13-7-9-14(20)10-8-13/h3-11H,1-2H3. The third-order valence-electron chi connectivity index (χ3n) is 4.06. The van der Waals surface area contributed by atoms with Crippen LogP contribution < -0.4 is 0 Å². The Labute approximate surface area is 155 Å². The van der Waals surface area contributed by atoms with E-state index in [1.165, 1.54) is 0 Å². The minimum atomic E-state index is -0.522. The summed E-state index contributed by atoms with van der Waals surface area (Å²) < 4.78 is 5.31. The van der Waals surface area contributed by atoms with Crippen molar-refractivity contribution in [3.8, 4) is 11.1 Å². The molecule has 3 aromatic rings. The fourth-order valence-electron chi connectivity index (χ4n) is 2.79. The Morgan fingerprint density at radius 2 is 1.92 bits per heavy atom. The number of nitrogens with zero attached hydrogens (tertiary/aromatic N) is 4. The van der Waals surface area contributed by atoms with E-state index in [1.807, 2.05) is 12.1 Å². The van der Waals surface area contributed by atoms with Crippen LogP contribution in [0, 0.1) is 6.92 Å². The average molecular weight is 367 g/mol. The van der Waals surface area contributed by atoms with Crippen LogP contribution in [0.2, 0.25) is 5.02 Å². The van der Waals surface area contributed by atoms with Crippen LogP contribution in [0.5, 0.6) is 0 Å². The minimum absolute atomic E-state index is 0.139. The van der Waals surface area contributed by atoms with Crippen molar-refractivity contribution in [1.82, 2.24) is 5.16 Å². The van der Waals surface area contributed by atoms with Gasteiger partial charge in [-0.25, -0.2) is 0 Å². The predicted molar refractivity (Wildman–Crippen MR) is 99.1 cm³/mol. The zero-order chi connectivity index (χ0) is 18.7. The second kappa shape index (κ2) is 7.44. The van der Waals surface area contributed by atoms with E-state index in [2.05, 4.69) is 15.2 Å². The lowest BCUT2D eigenvalue weighted by atomic mass is 9.92. The second-order valence-corrected chi connectivity index (χ2v) is 6.20. The number of aromatic nitrogens is 1. The first-order chi connectivity index (χ1) is 12.5. The number of halogens is 1. The Morgan fingerprint density at radius 1 is 1.23 bits per heavy atom. The molecule has 6 nitrogen and oxygen atoms in total. The summed E-state index contributed by atoms with van der Waals surface area (Å²) in [6, 6.07) is 13.4. The van der Waals surface area contributed by atoms with Gasteiger partial charge in [-0.05, 0) is 42.3 Å². The zero-order valence-corrected chi connectivity index (χ0v) is 14.9. The molecule has 3 rings (SSSR count). The summed E-state index contributed by atoms with van der Waals surface area (Å²) in [6.45, 7) is 3.49. The third kappa shape index (κ3) is 3.33. The van der Waals surface area contributed by atoms with Crippen molar-refractivity contribution in [2.45, 2.75) is 19.9 Å². The van der Waals surface area contributed by atoms with Crippen molar-refractivity contribution in [3.63, 3.8) is 0 Å². The summed E-state index contributed by atoms with van der Waals surface area (Å²) in [6.07, 6.45) is 0. The van der Waals surface area contributed by atoms with Crippen molar-refractivity contribution in [1.29, 1.82) is 0 Å². The Balaban J connectivity index is 2.14. The molecule has 130 valence electrons. The highest BCUT2D eigenvalue weighted by atomic mass is 35.5. The molecule has 0 spiro atoms. The summed E-state index contributed by atoms with van der Waals surface area (Å²) in [7, 11) is 0. The van der Waals surface area contributed by atoms with Gasteiger partial charge in [-0.15, -0.1) is 0 Å². The summed E-state index contributed by atoms with van der Waals surface area (Å²) >= 11 is 5.91. The highest BCUT2D eigenvalue weighted by molar-refractivity contribution is 6.30.